The summed E-state index contributed by atoms with van der Waals surface area (Å²) in [6, 6.07) is 2.16. The van der Waals surface area contributed by atoms with Crippen LogP contribution in [0.4, 0.5) is 5.69 Å². The maximum Gasteiger partial charge on any atom is 0.317 e. The number of carboxylic acids is 1. The van der Waals surface area contributed by atoms with Gasteiger partial charge in [-0.2, -0.15) is 0 Å². The van der Waals surface area contributed by atoms with Crippen molar-refractivity contribution in [1.29, 1.82) is 0 Å². The fraction of sp³-hybridized carbons (Fsp3) is 0.533. The van der Waals surface area contributed by atoms with Crippen molar-refractivity contribution in [2.75, 3.05) is 13.1 Å². The molecule has 1 heterocycles. The lowest BCUT2D eigenvalue weighted by Gasteiger charge is -2.42. The summed E-state index contributed by atoms with van der Waals surface area (Å²) in [5.41, 5.74) is -0.755. The standard InChI is InChI=1S/C15H20N4O6/c1-2-17(9-15(22)23)12-5-10(6-12)16-13(20)8-18-7-11(19(24)25)3-4-14(18)21/h3-4,7,10,12H,2,5-6,8-9H2,1H3,(H,16,20)(H,22,23). The normalized spacial score (nSPS) is 19.3. The lowest BCUT2D eigenvalue weighted by Crippen LogP contribution is -2.55. The summed E-state index contributed by atoms with van der Waals surface area (Å²) >= 11 is 0. The quantitative estimate of drug-likeness (QED) is 0.489. The van der Waals surface area contributed by atoms with Crippen LogP contribution >= 0.6 is 0 Å². The molecule has 0 spiro atoms. The largest absolute Gasteiger partial charge is 0.480 e. The number of likely N-dealkylation sites (N-methyl/N-ethyl adjacent to an activating group) is 1. The van der Waals surface area contributed by atoms with Crippen LogP contribution in [0, 0.1) is 10.1 Å². The highest BCUT2D eigenvalue weighted by atomic mass is 16.6. The number of aromatic nitrogens is 1. The highest BCUT2D eigenvalue weighted by Gasteiger charge is 2.34. The van der Waals surface area contributed by atoms with Crippen molar-refractivity contribution in [1.82, 2.24) is 14.8 Å². The van der Waals surface area contributed by atoms with E-state index in [2.05, 4.69) is 5.32 Å². The molecule has 1 aliphatic rings. The van der Waals surface area contributed by atoms with Crippen LogP contribution in [0.25, 0.3) is 0 Å². The third-order valence-corrected chi connectivity index (χ3v) is 4.23. The number of nitro groups is 1. The van der Waals surface area contributed by atoms with Gasteiger partial charge < -0.3 is 10.4 Å². The molecule has 1 aromatic heterocycles. The fourth-order valence-electron chi connectivity index (χ4n) is 2.85. The molecule has 1 aliphatic carbocycles. The molecule has 0 saturated heterocycles. The number of pyridine rings is 1. The van der Waals surface area contributed by atoms with Crippen LogP contribution in [0.3, 0.4) is 0 Å². The molecule has 10 nitrogen and oxygen atoms in total. The molecule has 1 saturated carbocycles. The van der Waals surface area contributed by atoms with E-state index in [4.69, 9.17) is 5.11 Å². The number of carboxylic acid groups (broad SMARTS) is 1. The number of hydrogen-bond donors (Lipinski definition) is 2. The van der Waals surface area contributed by atoms with Gasteiger partial charge in [-0.05, 0) is 19.4 Å². The predicted octanol–water partition coefficient (Wildman–Crippen LogP) is -0.190. The lowest BCUT2D eigenvalue weighted by molar-refractivity contribution is -0.385. The van der Waals surface area contributed by atoms with Gasteiger partial charge in [0.25, 0.3) is 11.2 Å². The summed E-state index contributed by atoms with van der Waals surface area (Å²) in [7, 11) is 0. The van der Waals surface area contributed by atoms with Crippen LogP contribution in [0.15, 0.2) is 23.1 Å². The minimum atomic E-state index is -0.889. The van der Waals surface area contributed by atoms with Crippen molar-refractivity contribution in [3.05, 3.63) is 38.8 Å². The first kappa shape index (κ1) is 18.6. The molecular formula is C15H20N4O6. The Labute approximate surface area is 143 Å². The number of nitrogens with zero attached hydrogens (tertiary/aromatic N) is 3. The SMILES string of the molecule is CCN(CC(=O)O)C1CC(NC(=O)Cn2cc([N+](=O)[O-])ccc2=O)C1. The van der Waals surface area contributed by atoms with E-state index in [1.54, 1.807) is 0 Å². The summed E-state index contributed by atoms with van der Waals surface area (Å²) in [6.45, 7) is 2.16. The maximum absolute atomic E-state index is 12.0. The monoisotopic (exact) mass is 352 g/mol. The summed E-state index contributed by atoms with van der Waals surface area (Å²) in [5, 5.41) is 22.3. The Kier molecular flexibility index (Phi) is 5.86. The van der Waals surface area contributed by atoms with E-state index in [1.165, 1.54) is 0 Å². The second-order valence-corrected chi connectivity index (χ2v) is 5.96. The van der Waals surface area contributed by atoms with Gasteiger partial charge in [-0.1, -0.05) is 6.92 Å². The number of amides is 1. The zero-order chi connectivity index (χ0) is 18.6. The van der Waals surface area contributed by atoms with E-state index >= 15 is 0 Å². The molecule has 10 heteroatoms. The van der Waals surface area contributed by atoms with Crippen LogP contribution in [-0.4, -0.2) is 56.5 Å². The Balaban J connectivity index is 1.86. The van der Waals surface area contributed by atoms with Crippen LogP contribution in [0.2, 0.25) is 0 Å². The Morgan fingerprint density at radius 2 is 2.12 bits per heavy atom. The fourth-order valence-corrected chi connectivity index (χ4v) is 2.85. The van der Waals surface area contributed by atoms with Crippen LogP contribution in [0.1, 0.15) is 19.8 Å². The molecule has 25 heavy (non-hydrogen) atoms. The first-order valence-electron chi connectivity index (χ1n) is 7.90. The third kappa shape index (κ3) is 4.86. The van der Waals surface area contributed by atoms with E-state index in [-0.39, 0.29) is 30.9 Å². The molecule has 1 aromatic rings. The van der Waals surface area contributed by atoms with E-state index in [1.807, 2.05) is 11.8 Å². The Hall–Kier alpha value is -2.75. The van der Waals surface area contributed by atoms with Crippen LogP contribution in [-0.2, 0) is 16.1 Å². The van der Waals surface area contributed by atoms with Gasteiger partial charge >= 0.3 is 5.97 Å². The first-order chi connectivity index (χ1) is 11.8. The topological polar surface area (TPSA) is 135 Å². The van der Waals surface area contributed by atoms with Gasteiger partial charge in [-0.25, -0.2) is 0 Å². The van der Waals surface area contributed by atoms with Gasteiger partial charge in [-0.15, -0.1) is 0 Å². The molecule has 0 aliphatic heterocycles. The van der Waals surface area contributed by atoms with Gasteiger partial charge in [-0.3, -0.25) is 34.0 Å². The summed E-state index contributed by atoms with van der Waals surface area (Å²) in [5.74, 6) is -1.30. The number of nitrogens with one attached hydrogen (secondary N) is 1. The molecule has 0 aromatic carbocycles. The van der Waals surface area contributed by atoms with E-state index in [0.29, 0.717) is 19.4 Å². The first-order valence-corrected chi connectivity index (χ1v) is 7.90. The molecule has 2 rings (SSSR count). The van der Waals surface area contributed by atoms with Gasteiger partial charge in [0.2, 0.25) is 5.91 Å². The van der Waals surface area contributed by atoms with E-state index in [9.17, 15) is 24.5 Å². The molecule has 136 valence electrons. The minimum absolute atomic E-state index is 0.0368. The predicted molar refractivity (Wildman–Crippen MR) is 87.2 cm³/mol. The lowest BCUT2D eigenvalue weighted by atomic mass is 9.85. The smallest absolute Gasteiger partial charge is 0.317 e. The second kappa shape index (κ2) is 7.88. The molecule has 0 radical (unpaired) electrons. The molecule has 1 amide bonds. The van der Waals surface area contributed by atoms with Crippen LogP contribution in [0.5, 0.6) is 0 Å². The molecular weight excluding hydrogens is 332 g/mol. The number of carbonyl (C=O) groups excluding carboxylic acids is 1. The highest BCUT2D eigenvalue weighted by molar-refractivity contribution is 5.76. The average Bonchev–Trinajstić information content (AvgIpc) is 2.50. The van der Waals surface area contributed by atoms with Crippen molar-refractivity contribution in [3.8, 4) is 0 Å². The van der Waals surface area contributed by atoms with Gasteiger partial charge in [0, 0.05) is 24.2 Å². The average molecular weight is 352 g/mol. The van der Waals surface area contributed by atoms with Gasteiger partial charge in [0.15, 0.2) is 0 Å². The van der Waals surface area contributed by atoms with Crippen molar-refractivity contribution in [2.24, 2.45) is 0 Å². The van der Waals surface area contributed by atoms with Crippen LogP contribution < -0.4 is 10.9 Å². The second-order valence-electron chi connectivity index (χ2n) is 5.96. The highest BCUT2D eigenvalue weighted by Crippen LogP contribution is 2.25. The van der Waals surface area contributed by atoms with E-state index < -0.39 is 22.4 Å². The number of aliphatic carboxylic acids is 1. The van der Waals surface area contributed by atoms with Gasteiger partial charge in [0.05, 0.1) is 17.7 Å². The number of rotatable bonds is 8. The van der Waals surface area contributed by atoms with Crippen molar-refractivity contribution >= 4 is 17.6 Å². The van der Waals surface area contributed by atoms with Gasteiger partial charge in [0.1, 0.15) is 6.54 Å². The van der Waals surface area contributed by atoms with E-state index in [0.717, 1.165) is 22.9 Å². The van der Waals surface area contributed by atoms with Crippen molar-refractivity contribution < 1.29 is 19.6 Å². The van der Waals surface area contributed by atoms with Crippen molar-refractivity contribution in [2.45, 2.75) is 38.4 Å². The minimum Gasteiger partial charge on any atom is -0.480 e. The maximum atomic E-state index is 12.0. The summed E-state index contributed by atoms with van der Waals surface area (Å²) in [4.78, 5) is 46.4. The summed E-state index contributed by atoms with van der Waals surface area (Å²) in [6.07, 6.45) is 2.31. The molecule has 1 fully saturated rings. The zero-order valence-corrected chi connectivity index (χ0v) is 13.8. The summed E-state index contributed by atoms with van der Waals surface area (Å²) < 4.78 is 0.992. The zero-order valence-electron chi connectivity index (χ0n) is 13.8. The molecule has 2 N–H and O–H groups in total. The Morgan fingerprint density at radius 1 is 1.44 bits per heavy atom. The number of carbonyl (C=O) groups is 2. The Bertz CT molecular complexity index is 725. The molecule has 0 unspecified atom stereocenters. The van der Waals surface area contributed by atoms with Crippen molar-refractivity contribution in [3.63, 3.8) is 0 Å². The number of hydrogen-bond acceptors (Lipinski definition) is 6. The molecule has 0 atom stereocenters. The third-order valence-electron chi connectivity index (χ3n) is 4.23. The Morgan fingerprint density at radius 3 is 2.68 bits per heavy atom. The molecule has 0 bridgehead atoms.